The number of sulfonamides is 1. The van der Waals surface area contributed by atoms with Crippen LogP contribution in [0.4, 0.5) is 0 Å². The molecule has 0 aliphatic carbocycles. The molecule has 4 nitrogen and oxygen atoms in total. The molecule has 0 spiro atoms. The van der Waals surface area contributed by atoms with Crippen molar-refractivity contribution >= 4 is 10.0 Å². The van der Waals surface area contributed by atoms with Gasteiger partial charge in [0.25, 0.3) is 0 Å². The van der Waals surface area contributed by atoms with Crippen molar-refractivity contribution in [2.24, 2.45) is 0 Å². The van der Waals surface area contributed by atoms with Crippen LogP contribution in [0.3, 0.4) is 0 Å². The first-order chi connectivity index (χ1) is 8.51. The second-order valence-electron chi connectivity index (χ2n) is 4.84. The molecule has 1 atom stereocenters. The molecule has 1 unspecified atom stereocenters. The summed E-state index contributed by atoms with van der Waals surface area (Å²) in [7, 11) is -3.36. The highest BCUT2D eigenvalue weighted by atomic mass is 32.2. The van der Waals surface area contributed by atoms with Gasteiger partial charge in [-0.2, -0.15) is 4.31 Å². The van der Waals surface area contributed by atoms with Gasteiger partial charge >= 0.3 is 0 Å². The van der Waals surface area contributed by atoms with Crippen LogP contribution in [-0.4, -0.2) is 38.4 Å². The zero-order valence-electron chi connectivity index (χ0n) is 10.9. The van der Waals surface area contributed by atoms with E-state index in [4.69, 9.17) is 0 Å². The molecule has 1 aliphatic rings. The number of nitrogens with one attached hydrogen (secondary N) is 1. The Kier molecular flexibility index (Phi) is 4.04. The quantitative estimate of drug-likeness (QED) is 0.881. The van der Waals surface area contributed by atoms with Gasteiger partial charge in [0, 0.05) is 19.1 Å². The SMILES string of the molecule is Cc1ccc(S(=O)(=O)N2CCCNCC2C)cc1. The first-order valence-electron chi connectivity index (χ1n) is 6.31. The molecule has 5 heteroatoms. The molecule has 2 rings (SSSR count). The molecular weight excluding hydrogens is 248 g/mol. The molecule has 0 aromatic heterocycles. The molecule has 1 aromatic carbocycles. The molecule has 1 fully saturated rings. The fraction of sp³-hybridized carbons (Fsp3) is 0.538. The normalized spacial score (nSPS) is 22.7. The third-order valence-electron chi connectivity index (χ3n) is 3.29. The van der Waals surface area contributed by atoms with E-state index in [2.05, 4.69) is 5.32 Å². The minimum Gasteiger partial charge on any atom is -0.315 e. The number of nitrogens with zero attached hydrogens (tertiary/aromatic N) is 1. The highest BCUT2D eigenvalue weighted by Crippen LogP contribution is 2.19. The van der Waals surface area contributed by atoms with Crippen molar-refractivity contribution in [3.63, 3.8) is 0 Å². The molecule has 0 radical (unpaired) electrons. The van der Waals surface area contributed by atoms with Gasteiger partial charge in [-0.1, -0.05) is 17.7 Å². The van der Waals surface area contributed by atoms with Crippen LogP contribution in [0.25, 0.3) is 0 Å². The molecule has 100 valence electrons. The number of hydrogen-bond donors (Lipinski definition) is 1. The maximum atomic E-state index is 12.6. The van der Waals surface area contributed by atoms with Crippen molar-refractivity contribution in [3.05, 3.63) is 29.8 Å². The molecule has 1 saturated heterocycles. The predicted molar refractivity (Wildman–Crippen MR) is 72.0 cm³/mol. The van der Waals surface area contributed by atoms with Crippen LogP contribution in [0.5, 0.6) is 0 Å². The van der Waals surface area contributed by atoms with Gasteiger partial charge in [-0.25, -0.2) is 8.42 Å². The topological polar surface area (TPSA) is 49.4 Å². The van der Waals surface area contributed by atoms with Crippen molar-refractivity contribution < 1.29 is 8.42 Å². The van der Waals surface area contributed by atoms with E-state index in [1.165, 1.54) is 0 Å². The van der Waals surface area contributed by atoms with Crippen molar-refractivity contribution in [2.45, 2.75) is 31.2 Å². The summed E-state index contributed by atoms with van der Waals surface area (Å²) in [5.74, 6) is 0. The van der Waals surface area contributed by atoms with Crippen LogP contribution < -0.4 is 5.32 Å². The summed E-state index contributed by atoms with van der Waals surface area (Å²) < 4.78 is 26.7. The highest BCUT2D eigenvalue weighted by Gasteiger charge is 2.29. The molecule has 18 heavy (non-hydrogen) atoms. The number of aryl methyl sites for hydroxylation is 1. The van der Waals surface area contributed by atoms with Gasteiger partial charge in [-0.15, -0.1) is 0 Å². The molecule has 0 saturated carbocycles. The maximum absolute atomic E-state index is 12.6. The van der Waals surface area contributed by atoms with Crippen LogP contribution in [-0.2, 0) is 10.0 Å². The number of benzene rings is 1. The number of rotatable bonds is 2. The van der Waals surface area contributed by atoms with Crippen molar-refractivity contribution in [2.75, 3.05) is 19.6 Å². The van der Waals surface area contributed by atoms with Crippen LogP contribution in [0, 0.1) is 6.92 Å². The average molecular weight is 268 g/mol. The summed E-state index contributed by atoms with van der Waals surface area (Å²) in [4.78, 5) is 0.391. The molecule has 0 amide bonds. The number of hydrogen-bond acceptors (Lipinski definition) is 3. The average Bonchev–Trinajstić information content (AvgIpc) is 2.55. The Hall–Kier alpha value is -0.910. The largest absolute Gasteiger partial charge is 0.315 e. The summed E-state index contributed by atoms with van der Waals surface area (Å²) in [6.07, 6.45) is 0.857. The third-order valence-corrected chi connectivity index (χ3v) is 5.32. The maximum Gasteiger partial charge on any atom is 0.243 e. The fourth-order valence-corrected chi connectivity index (χ4v) is 3.86. The molecule has 1 aromatic rings. The van der Waals surface area contributed by atoms with Gasteiger partial charge in [-0.3, -0.25) is 0 Å². The minimum absolute atomic E-state index is 0.00111. The summed E-state index contributed by atoms with van der Waals surface area (Å²) in [6, 6.07) is 7.06. The lowest BCUT2D eigenvalue weighted by Crippen LogP contribution is -2.41. The van der Waals surface area contributed by atoms with E-state index < -0.39 is 10.0 Å². The second kappa shape index (κ2) is 5.38. The van der Waals surface area contributed by atoms with Crippen molar-refractivity contribution in [1.29, 1.82) is 0 Å². The van der Waals surface area contributed by atoms with Gasteiger partial charge < -0.3 is 5.32 Å². The Labute approximate surface area is 109 Å². The Balaban J connectivity index is 2.31. The van der Waals surface area contributed by atoms with E-state index in [0.29, 0.717) is 18.0 Å². The van der Waals surface area contributed by atoms with Crippen molar-refractivity contribution in [3.8, 4) is 0 Å². The van der Waals surface area contributed by atoms with E-state index in [0.717, 1.165) is 18.5 Å². The van der Waals surface area contributed by atoms with E-state index in [1.807, 2.05) is 26.0 Å². The smallest absolute Gasteiger partial charge is 0.243 e. The van der Waals surface area contributed by atoms with Crippen LogP contribution in [0.1, 0.15) is 18.9 Å². The Morgan fingerprint density at radius 2 is 1.94 bits per heavy atom. The Morgan fingerprint density at radius 1 is 1.28 bits per heavy atom. The second-order valence-corrected chi connectivity index (χ2v) is 6.73. The summed E-state index contributed by atoms with van der Waals surface area (Å²) in [5.41, 5.74) is 1.07. The lowest BCUT2D eigenvalue weighted by molar-refractivity contribution is 0.353. The first kappa shape index (κ1) is 13.5. The Bertz CT molecular complexity index is 496. The van der Waals surface area contributed by atoms with Crippen LogP contribution >= 0.6 is 0 Å². The zero-order chi connectivity index (χ0) is 13.2. The fourth-order valence-electron chi connectivity index (χ4n) is 2.20. The van der Waals surface area contributed by atoms with Gasteiger partial charge in [0.2, 0.25) is 10.0 Å². The lowest BCUT2D eigenvalue weighted by Gasteiger charge is -2.26. The van der Waals surface area contributed by atoms with Crippen LogP contribution in [0.2, 0.25) is 0 Å². The molecular formula is C13H20N2O2S. The van der Waals surface area contributed by atoms with Crippen LogP contribution in [0.15, 0.2) is 29.2 Å². The molecule has 1 N–H and O–H groups in total. The third kappa shape index (κ3) is 2.74. The molecule has 0 bridgehead atoms. The van der Waals surface area contributed by atoms with Gasteiger partial charge in [0.1, 0.15) is 0 Å². The zero-order valence-corrected chi connectivity index (χ0v) is 11.7. The summed E-state index contributed by atoms with van der Waals surface area (Å²) >= 11 is 0. The first-order valence-corrected chi connectivity index (χ1v) is 7.75. The standard InChI is InChI=1S/C13H20N2O2S/c1-11-4-6-13(7-5-11)18(16,17)15-9-3-8-14-10-12(15)2/h4-7,12,14H,3,8-10H2,1-2H3. The van der Waals surface area contributed by atoms with Gasteiger partial charge in [0.05, 0.1) is 4.90 Å². The summed E-state index contributed by atoms with van der Waals surface area (Å²) in [6.45, 7) is 6.08. The van der Waals surface area contributed by atoms with E-state index in [-0.39, 0.29) is 6.04 Å². The van der Waals surface area contributed by atoms with Crippen molar-refractivity contribution in [1.82, 2.24) is 9.62 Å². The highest BCUT2D eigenvalue weighted by molar-refractivity contribution is 7.89. The van der Waals surface area contributed by atoms with E-state index in [1.54, 1.807) is 16.4 Å². The van der Waals surface area contributed by atoms with E-state index in [9.17, 15) is 8.42 Å². The van der Waals surface area contributed by atoms with E-state index >= 15 is 0 Å². The monoisotopic (exact) mass is 268 g/mol. The molecule has 1 aliphatic heterocycles. The van der Waals surface area contributed by atoms with Gasteiger partial charge in [0.15, 0.2) is 0 Å². The predicted octanol–water partition coefficient (Wildman–Crippen LogP) is 1.37. The lowest BCUT2D eigenvalue weighted by atomic mass is 10.2. The Morgan fingerprint density at radius 3 is 2.61 bits per heavy atom. The molecule has 1 heterocycles. The minimum atomic E-state index is -3.36. The van der Waals surface area contributed by atoms with Gasteiger partial charge in [-0.05, 0) is 38.9 Å². The summed E-state index contributed by atoms with van der Waals surface area (Å²) in [5, 5.41) is 3.25.